The Morgan fingerprint density at radius 2 is 1.64 bits per heavy atom. The Balaban J connectivity index is 1.44. The van der Waals surface area contributed by atoms with Crippen molar-refractivity contribution in [3.05, 3.63) is 93.2 Å². The molecule has 9 nitrogen and oxygen atoms in total. The van der Waals surface area contributed by atoms with Crippen molar-refractivity contribution in [1.82, 2.24) is 30.0 Å². The number of hydrogen-bond donors (Lipinski definition) is 2. The van der Waals surface area contributed by atoms with E-state index in [9.17, 15) is 9.18 Å². The quantitative estimate of drug-likeness (QED) is 0.293. The number of pyridine rings is 1. The fraction of sp³-hybridized carbons (Fsp3) is 0.148. The van der Waals surface area contributed by atoms with Gasteiger partial charge in [0.05, 0.1) is 21.1 Å². The highest BCUT2D eigenvalue weighted by atomic mass is 35.5. The zero-order chi connectivity index (χ0) is 26.9. The van der Waals surface area contributed by atoms with Crippen LogP contribution >= 0.6 is 23.2 Å². The molecule has 1 fully saturated rings. The lowest BCUT2D eigenvalue weighted by Crippen LogP contribution is -2.43. The van der Waals surface area contributed by atoms with E-state index in [1.807, 2.05) is 24.3 Å². The maximum atomic E-state index is 14.1. The van der Waals surface area contributed by atoms with Crippen LogP contribution in [-0.4, -0.2) is 50.9 Å². The van der Waals surface area contributed by atoms with Gasteiger partial charge in [-0.25, -0.2) is 15.0 Å². The van der Waals surface area contributed by atoms with Gasteiger partial charge in [0, 0.05) is 43.8 Å². The normalized spacial score (nSPS) is 13.6. The van der Waals surface area contributed by atoms with E-state index in [2.05, 4.69) is 35.6 Å². The molecule has 4 heterocycles. The monoisotopic (exact) mass is 562 g/mol. The van der Waals surface area contributed by atoms with E-state index in [1.165, 1.54) is 18.3 Å². The number of benzene rings is 2. The van der Waals surface area contributed by atoms with Crippen LogP contribution in [0.15, 0.2) is 71.7 Å². The van der Waals surface area contributed by atoms with Crippen LogP contribution < -0.4 is 21.1 Å². The van der Waals surface area contributed by atoms with E-state index in [4.69, 9.17) is 23.2 Å². The molecular weight excluding hydrogens is 542 g/mol. The molecule has 0 radical (unpaired) electrons. The Bertz CT molecular complexity index is 1720. The van der Waals surface area contributed by atoms with E-state index >= 15 is 0 Å². The molecule has 2 aromatic carbocycles. The average Bonchev–Trinajstić information content (AvgIpc) is 2.95. The number of rotatable bonds is 5. The van der Waals surface area contributed by atoms with Gasteiger partial charge in [0.2, 0.25) is 11.9 Å². The first kappa shape index (κ1) is 25.2. The minimum Gasteiger partial charge on any atom is -0.369 e. The fourth-order valence-corrected chi connectivity index (χ4v) is 5.01. The van der Waals surface area contributed by atoms with Gasteiger partial charge in [0.15, 0.2) is 0 Å². The van der Waals surface area contributed by atoms with Crippen LogP contribution in [0.5, 0.6) is 0 Å². The van der Waals surface area contributed by atoms with Crippen LogP contribution in [0.3, 0.4) is 0 Å². The molecule has 3 aromatic heterocycles. The van der Waals surface area contributed by atoms with Gasteiger partial charge in [-0.05, 0) is 48.5 Å². The number of anilines is 3. The number of nitrogens with zero attached hydrogens (tertiary/aromatic N) is 6. The van der Waals surface area contributed by atoms with E-state index in [0.717, 1.165) is 42.2 Å². The lowest BCUT2D eigenvalue weighted by Gasteiger charge is -2.29. The van der Waals surface area contributed by atoms with E-state index < -0.39 is 11.5 Å². The van der Waals surface area contributed by atoms with Crippen LogP contribution in [-0.2, 0) is 0 Å². The Morgan fingerprint density at radius 1 is 0.923 bits per heavy atom. The molecule has 0 atom stereocenters. The molecule has 1 aliphatic heterocycles. The number of nitrogens with one attached hydrogen (secondary N) is 2. The molecule has 6 rings (SSSR count). The number of para-hydroxylation sites is 1. The van der Waals surface area contributed by atoms with Gasteiger partial charge in [-0.2, -0.15) is 14.2 Å². The van der Waals surface area contributed by atoms with Crippen LogP contribution in [0.2, 0.25) is 10.0 Å². The van der Waals surface area contributed by atoms with Gasteiger partial charge in [0.25, 0.3) is 5.56 Å². The lowest BCUT2D eigenvalue weighted by molar-refractivity contribution is 0.585. The molecule has 0 amide bonds. The fourth-order valence-electron chi connectivity index (χ4n) is 4.45. The summed E-state index contributed by atoms with van der Waals surface area (Å²) in [4.78, 5) is 28.8. The number of hydrogen-bond acceptors (Lipinski definition) is 8. The molecule has 196 valence electrons. The first-order valence-electron chi connectivity index (χ1n) is 12.2. The predicted molar refractivity (Wildman–Crippen MR) is 151 cm³/mol. The number of piperazine rings is 1. The van der Waals surface area contributed by atoms with E-state index in [0.29, 0.717) is 0 Å². The van der Waals surface area contributed by atoms with Gasteiger partial charge < -0.3 is 15.5 Å². The molecule has 0 saturated carbocycles. The molecule has 1 saturated heterocycles. The van der Waals surface area contributed by atoms with Crippen LogP contribution in [0, 0.1) is 5.95 Å². The lowest BCUT2D eigenvalue weighted by atomic mass is 10.2. The van der Waals surface area contributed by atoms with E-state index in [1.54, 1.807) is 24.3 Å². The van der Waals surface area contributed by atoms with Crippen LogP contribution in [0.4, 0.5) is 21.7 Å². The second-order valence-corrected chi connectivity index (χ2v) is 9.66. The number of aromatic nitrogens is 5. The summed E-state index contributed by atoms with van der Waals surface area (Å²) in [5, 5.41) is 11.6. The second kappa shape index (κ2) is 10.6. The zero-order valence-electron chi connectivity index (χ0n) is 20.4. The molecule has 12 heteroatoms. The molecule has 2 N–H and O–H groups in total. The summed E-state index contributed by atoms with van der Waals surface area (Å²) >= 11 is 12.8. The van der Waals surface area contributed by atoms with Crippen molar-refractivity contribution in [3.63, 3.8) is 0 Å². The third-order valence-electron chi connectivity index (χ3n) is 6.35. The summed E-state index contributed by atoms with van der Waals surface area (Å²) in [6.45, 7) is 3.79. The third kappa shape index (κ3) is 5.01. The minimum atomic E-state index is -0.701. The summed E-state index contributed by atoms with van der Waals surface area (Å²) in [6.07, 6.45) is 1.40. The highest BCUT2D eigenvalue weighted by Gasteiger charge is 2.20. The maximum Gasteiger partial charge on any atom is 0.282 e. The minimum absolute atomic E-state index is 0.140. The molecule has 0 unspecified atom stereocenters. The van der Waals surface area contributed by atoms with Crippen LogP contribution in [0.25, 0.3) is 28.0 Å². The SMILES string of the molecule is O=c1c2cnc(Nc3ccc(N4CCNCC4)cc3)nc2c(-c2cccc(F)n2)nn1-c1c(Cl)cccc1Cl. The summed E-state index contributed by atoms with van der Waals surface area (Å²) in [6, 6.07) is 17.1. The number of fused-ring (bicyclic) bond motifs is 1. The summed E-state index contributed by atoms with van der Waals surface area (Å²) < 4.78 is 15.2. The van der Waals surface area contributed by atoms with Crippen molar-refractivity contribution >= 4 is 51.4 Å². The zero-order valence-corrected chi connectivity index (χ0v) is 21.9. The Hall–Kier alpha value is -4.12. The van der Waals surface area contributed by atoms with Gasteiger partial charge in [-0.15, -0.1) is 0 Å². The summed E-state index contributed by atoms with van der Waals surface area (Å²) in [5.74, 6) is -0.460. The summed E-state index contributed by atoms with van der Waals surface area (Å²) in [5.41, 5.74) is 2.10. The molecule has 5 aromatic rings. The molecule has 0 spiro atoms. The standard InChI is InChI=1S/C27H21Cl2FN8O/c28-19-3-1-4-20(29)25(19)38-26(39)18-15-32-27(35-23(18)24(36-38)21-5-2-6-22(30)34-21)33-16-7-9-17(10-8-16)37-13-11-31-12-14-37/h1-10,15,31H,11-14H2,(H,32,33,35). The molecule has 39 heavy (non-hydrogen) atoms. The smallest absolute Gasteiger partial charge is 0.282 e. The highest BCUT2D eigenvalue weighted by molar-refractivity contribution is 6.37. The predicted octanol–water partition coefficient (Wildman–Crippen LogP) is 4.84. The Kier molecular flexibility index (Phi) is 6.82. The van der Waals surface area contributed by atoms with Gasteiger partial charge in [-0.3, -0.25) is 4.79 Å². The van der Waals surface area contributed by atoms with Crippen molar-refractivity contribution in [2.75, 3.05) is 36.4 Å². The second-order valence-electron chi connectivity index (χ2n) is 8.85. The van der Waals surface area contributed by atoms with Crippen molar-refractivity contribution in [2.45, 2.75) is 0 Å². The van der Waals surface area contributed by atoms with Crippen molar-refractivity contribution in [2.24, 2.45) is 0 Å². The largest absolute Gasteiger partial charge is 0.369 e. The maximum absolute atomic E-state index is 14.1. The molecule has 1 aliphatic rings. The number of halogens is 3. The first-order chi connectivity index (χ1) is 19.0. The topological polar surface area (TPSA) is 101 Å². The van der Waals surface area contributed by atoms with E-state index in [-0.39, 0.29) is 44.0 Å². The van der Waals surface area contributed by atoms with Crippen molar-refractivity contribution in [3.8, 4) is 17.1 Å². The molecule has 0 aliphatic carbocycles. The van der Waals surface area contributed by atoms with Crippen molar-refractivity contribution < 1.29 is 4.39 Å². The van der Waals surface area contributed by atoms with Gasteiger partial charge >= 0.3 is 0 Å². The average molecular weight is 563 g/mol. The summed E-state index contributed by atoms with van der Waals surface area (Å²) in [7, 11) is 0. The van der Waals surface area contributed by atoms with Gasteiger partial charge in [-0.1, -0.05) is 35.3 Å². The van der Waals surface area contributed by atoms with Crippen molar-refractivity contribution in [1.29, 1.82) is 0 Å². The Labute approximate surface area is 232 Å². The van der Waals surface area contributed by atoms with Gasteiger partial charge in [0.1, 0.15) is 16.9 Å². The molecule has 0 bridgehead atoms. The third-order valence-corrected chi connectivity index (χ3v) is 6.96. The first-order valence-corrected chi connectivity index (χ1v) is 12.9. The van der Waals surface area contributed by atoms with Crippen LogP contribution in [0.1, 0.15) is 0 Å². The Morgan fingerprint density at radius 3 is 2.36 bits per heavy atom. The molecular formula is C27H21Cl2FN8O. The highest BCUT2D eigenvalue weighted by Crippen LogP contribution is 2.30.